The van der Waals surface area contributed by atoms with Crippen molar-refractivity contribution in [1.82, 2.24) is 19.7 Å². The van der Waals surface area contributed by atoms with Gasteiger partial charge in [-0.05, 0) is 23.8 Å². The molecule has 0 saturated carbocycles. The van der Waals surface area contributed by atoms with Crippen molar-refractivity contribution in [2.45, 2.75) is 12.6 Å². The van der Waals surface area contributed by atoms with Crippen LogP contribution < -0.4 is 4.74 Å². The summed E-state index contributed by atoms with van der Waals surface area (Å²) in [5.41, 5.74) is 2.51. The maximum atomic E-state index is 13.1. The van der Waals surface area contributed by atoms with Crippen LogP contribution in [0.2, 0.25) is 0 Å². The third-order valence-corrected chi connectivity index (χ3v) is 4.48. The minimum absolute atomic E-state index is 0.128. The van der Waals surface area contributed by atoms with Gasteiger partial charge in [-0.1, -0.05) is 30.3 Å². The number of ether oxygens (including phenoxy) is 1. The Morgan fingerprint density at radius 1 is 1.04 bits per heavy atom. The quantitative estimate of drug-likeness (QED) is 0.738. The third-order valence-electron chi connectivity index (χ3n) is 4.48. The van der Waals surface area contributed by atoms with Crippen LogP contribution in [0.25, 0.3) is 0 Å². The number of rotatable bonds is 3. The van der Waals surface area contributed by atoms with E-state index in [1.165, 1.54) is 7.11 Å². The van der Waals surface area contributed by atoms with Gasteiger partial charge in [0.2, 0.25) is 5.88 Å². The maximum Gasteiger partial charge on any atom is 0.275 e. The third kappa shape index (κ3) is 2.76. The first-order valence-electron chi connectivity index (χ1n) is 8.16. The molecule has 1 aliphatic rings. The van der Waals surface area contributed by atoms with Crippen molar-refractivity contribution in [2.75, 3.05) is 13.7 Å². The van der Waals surface area contributed by atoms with Gasteiger partial charge in [0.15, 0.2) is 5.69 Å². The molecule has 1 aliphatic heterocycles. The van der Waals surface area contributed by atoms with Crippen LogP contribution in [-0.4, -0.2) is 39.2 Å². The van der Waals surface area contributed by atoms with Crippen molar-refractivity contribution in [1.29, 1.82) is 0 Å². The monoisotopic (exact) mass is 334 g/mol. The van der Waals surface area contributed by atoms with Crippen molar-refractivity contribution in [3.63, 3.8) is 0 Å². The lowest BCUT2D eigenvalue weighted by molar-refractivity contribution is 0.0656. The number of carbonyl (C=O) groups excluding carboxylic acids is 1. The first-order valence-corrected chi connectivity index (χ1v) is 8.16. The number of hydrogen-bond acceptors (Lipinski definition) is 4. The zero-order valence-corrected chi connectivity index (χ0v) is 13.9. The van der Waals surface area contributed by atoms with Crippen LogP contribution in [0.1, 0.15) is 27.8 Å². The highest BCUT2D eigenvalue weighted by molar-refractivity contribution is 5.92. The summed E-state index contributed by atoms with van der Waals surface area (Å²) in [6, 6.07) is 17.3. The van der Waals surface area contributed by atoms with E-state index in [1.807, 2.05) is 41.3 Å². The van der Waals surface area contributed by atoms with Crippen molar-refractivity contribution < 1.29 is 9.53 Å². The first-order chi connectivity index (χ1) is 12.3. The molecule has 126 valence electrons. The molecule has 1 atom stereocenters. The second-order valence-electron chi connectivity index (χ2n) is 5.90. The summed E-state index contributed by atoms with van der Waals surface area (Å²) < 4.78 is 7.21. The fourth-order valence-electron chi connectivity index (χ4n) is 3.28. The van der Waals surface area contributed by atoms with Gasteiger partial charge < -0.3 is 14.2 Å². The summed E-state index contributed by atoms with van der Waals surface area (Å²) in [6.07, 6.45) is 2.06. The normalized spacial score (nSPS) is 16.4. The number of fused-ring (bicyclic) bond motifs is 1. The Bertz CT molecular complexity index is 874. The zero-order chi connectivity index (χ0) is 17.2. The molecule has 25 heavy (non-hydrogen) atoms. The Morgan fingerprint density at radius 3 is 2.60 bits per heavy atom. The van der Waals surface area contributed by atoms with E-state index in [-0.39, 0.29) is 11.9 Å². The molecule has 0 radical (unpaired) electrons. The van der Waals surface area contributed by atoms with Crippen molar-refractivity contribution >= 4 is 5.91 Å². The van der Waals surface area contributed by atoms with E-state index >= 15 is 0 Å². The molecule has 0 aliphatic carbocycles. The van der Waals surface area contributed by atoms with Gasteiger partial charge in [-0.3, -0.25) is 4.79 Å². The number of amides is 1. The molecule has 4 rings (SSSR count). The van der Waals surface area contributed by atoms with Gasteiger partial charge in [-0.2, -0.15) is 0 Å². The molecule has 1 aromatic carbocycles. The van der Waals surface area contributed by atoms with E-state index in [4.69, 9.17) is 4.74 Å². The molecule has 3 heterocycles. The van der Waals surface area contributed by atoms with Crippen LogP contribution in [0.5, 0.6) is 5.88 Å². The molecule has 1 unspecified atom stereocenters. The van der Waals surface area contributed by atoms with Crippen LogP contribution in [-0.2, 0) is 6.54 Å². The topological polar surface area (TPSA) is 60.2 Å². The number of hydrogen-bond donors (Lipinski definition) is 0. The lowest BCUT2D eigenvalue weighted by Crippen LogP contribution is -2.42. The van der Waals surface area contributed by atoms with E-state index in [9.17, 15) is 4.79 Å². The molecule has 0 fully saturated rings. The highest BCUT2D eigenvalue weighted by Crippen LogP contribution is 2.33. The van der Waals surface area contributed by atoms with Gasteiger partial charge in [0.1, 0.15) is 0 Å². The minimum Gasteiger partial charge on any atom is -0.480 e. The van der Waals surface area contributed by atoms with Crippen LogP contribution in [0.4, 0.5) is 0 Å². The number of benzene rings is 1. The summed E-state index contributed by atoms with van der Waals surface area (Å²) in [7, 11) is 1.52. The predicted molar refractivity (Wildman–Crippen MR) is 92.3 cm³/mol. The zero-order valence-electron chi connectivity index (χ0n) is 13.9. The molecule has 6 nitrogen and oxygen atoms in total. The molecular weight excluding hydrogens is 316 g/mol. The highest BCUT2D eigenvalue weighted by Gasteiger charge is 2.33. The lowest BCUT2D eigenvalue weighted by atomic mass is 9.99. The molecule has 0 N–H and O–H groups in total. The Kier molecular flexibility index (Phi) is 3.93. The molecule has 3 aromatic rings. The van der Waals surface area contributed by atoms with Gasteiger partial charge >= 0.3 is 0 Å². The Morgan fingerprint density at radius 2 is 1.88 bits per heavy atom. The number of nitrogens with zero attached hydrogens (tertiary/aromatic N) is 4. The van der Waals surface area contributed by atoms with Gasteiger partial charge in [-0.25, -0.2) is 0 Å². The molecule has 2 aromatic heterocycles. The second kappa shape index (κ2) is 6.39. The van der Waals surface area contributed by atoms with Gasteiger partial charge in [0, 0.05) is 31.0 Å². The average Bonchev–Trinajstić information content (AvgIpc) is 3.16. The largest absolute Gasteiger partial charge is 0.480 e. The van der Waals surface area contributed by atoms with E-state index in [1.54, 1.807) is 12.1 Å². The number of methoxy groups -OCH3 is 1. The van der Waals surface area contributed by atoms with E-state index in [2.05, 4.69) is 27.0 Å². The van der Waals surface area contributed by atoms with Gasteiger partial charge in [0.05, 0.1) is 13.2 Å². The fourth-order valence-corrected chi connectivity index (χ4v) is 3.28. The highest BCUT2D eigenvalue weighted by atomic mass is 16.5. The molecule has 6 heteroatoms. The Balaban J connectivity index is 1.73. The van der Waals surface area contributed by atoms with Crippen LogP contribution in [0.3, 0.4) is 0 Å². The Labute approximate surface area is 145 Å². The summed E-state index contributed by atoms with van der Waals surface area (Å²) in [5, 5.41) is 7.94. The van der Waals surface area contributed by atoms with E-state index < -0.39 is 0 Å². The number of carbonyl (C=O) groups is 1. The minimum atomic E-state index is -0.138. The summed E-state index contributed by atoms with van der Waals surface area (Å²) in [4.78, 5) is 15.0. The molecule has 0 spiro atoms. The van der Waals surface area contributed by atoms with E-state index in [0.29, 0.717) is 18.1 Å². The maximum absolute atomic E-state index is 13.1. The molecule has 0 saturated heterocycles. The van der Waals surface area contributed by atoms with Crippen molar-refractivity contribution in [2.24, 2.45) is 0 Å². The van der Waals surface area contributed by atoms with Crippen LogP contribution >= 0.6 is 0 Å². The first kappa shape index (κ1) is 15.4. The summed E-state index contributed by atoms with van der Waals surface area (Å²) in [6.45, 7) is 1.38. The smallest absolute Gasteiger partial charge is 0.275 e. The van der Waals surface area contributed by atoms with Gasteiger partial charge in [-0.15, -0.1) is 10.2 Å². The molecule has 1 amide bonds. The second-order valence-corrected chi connectivity index (χ2v) is 5.90. The average molecular weight is 334 g/mol. The Hall–Kier alpha value is -3.15. The van der Waals surface area contributed by atoms with Crippen molar-refractivity contribution in [3.05, 3.63) is 77.7 Å². The summed E-state index contributed by atoms with van der Waals surface area (Å²) >= 11 is 0. The van der Waals surface area contributed by atoms with Crippen molar-refractivity contribution in [3.8, 4) is 5.88 Å². The molecule has 0 bridgehead atoms. The van der Waals surface area contributed by atoms with Gasteiger partial charge in [0.25, 0.3) is 5.91 Å². The summed E-state index contributed by atoms with van der Waals surface area (Å²) in [5.74, 6) is 0.264. The lowest BCUT2D eigenvalue weighted by Gasteiger charge is -2.37. The number of aromatic nitrogens is 3. The van der Waals surface area contributed by atoms with E-state index in [0.717, 1.165) is 17.8 Å². The van der Waals surface area contributed by atoms with Crippen LogP contribution in [0, 0.1) is 0 Å². The van der Waals surface area contributed by atoms with Crippen LogP contribution in [0.15, 0.2) is 60.8 Å². The molecular formula is C19H18N4O2. The fraction of sp³-hybridized carbons (Fsp3) is 0.211. The SMILES string of the molecule is COc1ccc(C(=O)N2CCn3cccc3C2c2ccccc2)nn1. The standard InChI is InChI=1S/C19H18N4O2/c1-25-17-10-9-15(20-21-17)19(24)23-13-12-22-11-5-8-16(22)18(23)14-6-3-2-4-7-14/h2-11,18H,12-13H2,1H3. The predicted octanol–water partition coefficient (Wildman–Crippen LogP) is 2.53.